The van der Waals surface area contributed by atoms with Crippen molar-refractivity contribution in [1.82, 2.24) is 10.2 Å². The number of sulfonamides is 1. The van der Waals surface area contributed by atoms with E-state index >= 15 is 0 Å². The molecule has 0 aliphatic rings. The average molecular weight is 502 g/mol. The van der Waals surface area contributed by atoms with Crippen molar-refractivity contribution in [2.75, 3.05) is 23.7 Å². The Labute approximate surface area is 210 Å². The van der Waals surface area contributed by atoms with Crippen LogP contribution in [-0.4, -0.2) is 50.5 Å². The average Bonchev–Trinajstić information content (AvgIpc) is 2.78. The topological polar surface area (TPSA) is 86.8 Å². The summed E-state index contributed by atoms with van der Waals surface area (Å²) < 4.78 is 26.8. The van der Waals surface area contributed by atoms with Crippen LogP contribution in [0.25, 0.3) is 0 Å². The quantitative estimate of drug-likeness (QED) is 0.444. The zero-order chi connectivity index (χ0) is 26.2. The van der Waals surface area contributed by atoms with Gasteiger partial charge in [0.15, 0.2) is 0 Å². The number of rotatable bonds is 12. The molecule has 2 aromatic carbocycles. The maximum absolute atomic E-state index is 13.8. The first-order chi connectivity index (χ1) is 16.5. The van der Waals surface area contributed by atoms with Gasteiger partial charge in [-0.3, -0.25) is 13.9 Å². The second kappa shape index (κ2) is 12.7. The van der Waals surface area contributed by atoms with Gasteiger partial charge in [-0.25, -0.2) is 8.42 Å². The van der Waals surface area contributed by atoms with Crippen molar-refractivity contribution in [2.24, 2.45) is 0 Å². The van der Waals surface area contributed by atoms with E-state index in [0.29, 0.717) is 18.7 Å². The van der Waals surface area contributed by atoms with E-state index in [9.17, 15) is 18.0 Å². The minimum Gasteiger partial charge on any atom is -0.354 e. The molecule has 192 valence electrons. The monoisotopic (exact) mass is 501 g/mol. The fraction of sp³-hybridized carbons (Fsp3) is 0.481. The number of hydrogen-bond acceptors (Lipinski definition) is 4. The lowest BCUT2D eigenvalue weighted by Crippen LogP contribution is -2.52. The molecule has 8 heteroatoms. The molecule has 2 aromatic rings. The third-order valence-corrected chi connectivity index (χ3v) is 7.30. The van der Waals surface area contributed by atoms with Gasteiger partial charge in [0, 0.05) is 13.1 Å². The number of aryl methyl sites for hydroxylation is 3. The van der Waals surface area contributed by atoms with Gasteiger partial charge in [-0.1, -0.05) is 62.7 Å². The fourth-order valence-corrected chi connectivity index (χ4v) is 5.14. The summed E-state index contributed by atoms with van der Waals surface area (Å²) in [5.41, 5.74) is 3.94. The zero-order valence-corrected chi connectivity index (χ0v) is 22.6. The van der Waals surface area contributed by atoms with Gasteiger partial charge in [-0.05, 0) is 55.9 Å². The molecule has 0 bridgehead atoms. The first kappa shape index (κ1) is 28.4. The van der Waals surface area contributed by atoms with Crippen LogP contribution < -0.4 is 9.62 Å². The molecule has 2 rings (SSSR count). The lowest BCUT2D eigenvalue weighted by Gasteiger charge is -2.33. The number of carbonyl (C=O) groups is 2. The van der Waals surface area contributed by atoms with Crippen LogP contribution in [0.4, 0.5) is 5.69 Å². The van der Waals surface area contributed by atoms with Crippen molar-refractivity contribution in [3.63, 3.8) is 0 Å². The summed E-state index contributed by atoms with van der Waals surface area (Å²) in [4.78, 5) is 28.4. The van der Waals surface area contributed by atoms with Crippen molar-refractivity contribution in [3.05, 3.63) is 64.7 Å². The van der Waals surface area contributed by atoms with Gasteiger partial charge in [0.2, 0.25) is 21.8 Å². The summed E-state index contributed by atoms with van der Waals surface area (Å²) in [6.45, 7) is 9.89. The maximum atomic E-state index is 13.8. The van der Waals surface area contributed by atoms with Crippen LogP contribution in [0.3, 0.4) is 0 Å². The molecule has 1 N–H and O–H groups in total. The normalized spacial score (nSPS) is 12.2. The summed E-state index contributed by atoms with van der Waals surface area (Å²) in [7, 11) is -3.76. The number of nitrogens with zero attached hydrogens (tertiary/aromatic N) is 2. The molecule has 0 fully saturated rings. The second-order valence-electron chi connectivity index (χ2n) is 9.03. The van der Waals surface area contributed by atoms with Crippen LogP contribution >= 0.6 is 0 Å². The Kier molecular flexibility index (Phi) is 10.3. The van der Waals surface area contributed by atoms with E-state index in [0.717, 1.165) is 45.7 Å². The highest BCUT2D eigenvalue weighted by Crippen LogP contribution is 2.27. The number of nitrogens with one attached hydrogen (secondary N) is 1. The van der Waals surface area contributed by atoms with Gasteiger partial charge >= 0.3 is 0 Å². The van der Waals surface area contributed by atoms with E-state index < -0.39 is 22.0 Å². The minimum atomic E-state index is -3.76. The third kappa shape index (κ3) is 7.56. The molecular formula is C27H39N3O4S. The molecule has 0 unspecified atom stereocenters. The number of unbranched alkanes of at least 4 members (excludes halogenated alkanes) is 1. The van der Waals surface area contributed by atoms with Crippen molar-refractivity contribution in [1.29, 1.82) is 0 Å². The summed E-state index contributed by atoms with van der Waals surface area (Å²) >= 11 is 0. The standard InChI is InChI=1S/C27H39N3O4S/c1-7-9-17-28-27(32)24(8-2)29(18-23-16-11-10-13-20(23)3)25(31)19-30(35(6,33)34)26-21(4)14-12-15-22(26)5/h10-16,24H,7-9,17-19H2,1-6H3,(H,28,32)/t24-/m0/s1. The highest BCUT2D eigenvalue weighted by molar-refractivity contribution is 7.92. The molecule has 0 aliphatic heterocycles. The summed E-state index contributed by atoms with van der Waals surface area (Å²) in [5, 5.41) is 2.94. The predicted molar refractivity (Wildman–Crippen MR) is 142 cm³/mol. The van der Waals surface area contributed by atoms with Gasteiger partial charge in [-0.2, -0.15) is 0 Å². The van der Waals surface area contributed by atoms with Crippen molar-refractivity contribution in [2.45, 2.75) is 66.5 Å². The lowest BCUT2D eigenvalue weighted by atomic mass is 10.1. The largest absolute Gasteiger partial charge is 0.354 e. The molecule has 0 aliphatic carbocycles. The molecule has 0 aromatic heterocycles. The molecule has 7 nitrogen and oxygen atoms in total. The molecular weight excluding hydrogens is 462 g/mol. The van der Waals surface area contributed by atoms with Gasteiger partial charge in [-0.15, -0.1) is 0 Å². The van der Waals surface area contributed by atoms with E-state index in [2.05, 4.69) is 5.32 Å². The Morgan fingerprint density at radius 1 is 0.943 bits per heavy atom. The molecule has 35 heavy (non-hydrogen) atoms. The number of anilines is 1. The molecule has 0 saturated heterocycles. The highest BCUT2D eigenvalue weighted by Gasteiger charge is 2.32. The van der Waals surface area contributed by atoms with Crippen LogP contribution in [0.2, 0.25) is 0 Å². The number of benzene rings is 2. The smallest absolute Gasteiger partial charge is 0.244 e. The predicted octanol–water partition coefficient (Wildman–Crippen LogP) is 4.10. The van der Waals surface area contributed by atoms with Gasteiger partial charge in [0.25, 0.3) is 0 Å². The van der Waals surface area contributed by atoms with Crippen molar-refractivity contribution >= 4 is 27.5 Å². The van der Waals surface area contributed by atoms with Crippen LogP contribution in [0.5, 0.6) is 0 Å². The van der Waals surface area contributed by atoms with Crippen LogP contribution in [0.1, 0.15) is 55.4 Å². The van der Waals surface area contributed by atoms with E-state index in [4.69, 9.17) is 0 Å². The van der Waals surface area contributed by atoms with Crippen molar-refractivity contribution in [3.8, 4) is 0 Å². The molecule has 0 heterocycles. The van der Waals surface area contributed by atoms with Crippen molar-refractivity contribution < 1.29 is 18.0 Å². The SMILES string of the molecule is CCCCNC(=O)[C@H](CC)N(Cc1ccccc1C)C(=O)CN(c1c(C)cccc1C)S(C)(=O)=O. The van der Waals surface area contributed by atoms with E-state index in [-0.39, 0.29) is 19.0 Å². The van der Waals surface area contributed by atoms with Crippen LogP contribution in [-0.2, 0) is 26.2 Å². The summed E-state index contributed by atoms with van der Waals surface area (Å²) in [5.74, 6) is -0.639. The number of amides is 2. The summed E-state index contributed by atoms with van der Waals surface area (Å²) in [6.07, 6.45) is 3.31. The third-order valence-electron chi connectivity index (χ3n) is 6.19. The molecule has 0 saturated carbocycles. The Balaban J connectivity index is 2.47. The minimum absolute atomic E-state index is 0.218. The molecule has 0 spiro atoms. The molecule has 2 amide bonds. The van der Waals surface area contributed by atoms with Crippen LogP contribution in [0.15, 0.2) is 42.5 Å². The van der Waals surface area contributed by atoms with E-state index in [1.54, 1.807) is 0 Å². The first-order valence-corrected chi connectivity index (χ1v) is 14.0. The van der Waals surface area contributed by atoms with Crippen LogP contribution in [0, 0.1) is 20.8 Å². The zero-order valence-electron chi connectivity index (χ0n) is 21.8. The number of hydrogen-bond donors (Lipinski definition) is 1. The van der Waals surface area contributed by atoms with Gasteiger partial charge in [0.05, 0.1) is 11.9 Å². The molecule has 0 radical (unpaired) electrons. The van der Waals surface area contributed by atoms with Gasteiger partial charge < -0.3 is 10.2 Å². The number of carbonyl (C=O) groups excluding carboxylic acids is 2. The Morgan fingerprint density at radius 3 is 2.09 bits per heavy atom. The Bertz CT molecular complexity index is 1110. The first-order valence-electron chi connectivity index (χ1n) is 12.2. The van der Waals surface area contributed by atoms with E-state index in [1.807, 2.05) is 77.1 Å². The Hall–Kier alpha value is -2.87. The van der Waals surface area contributed by atoms with E-state index in [1.165, 1.54) is 4.90 Å². The fourth-order valence-electron chi connectivity index (χ4n) is 4.17. The van der Waals surface area contributed by atoms with Gasteiger partial charge in [0.1, 0.15) is 12.6 Å². The highest BCUT2D eigenvalue weighted by atomic mass is 32.2. The molecule has 1 atom stereocenters. The Morgan fingerprint density at radius 2 is 1.54 bits per heavy atom. The lowest BCUT2D eigenvalue weighted by molar-refractivity contribution is -0.140. The maximum Gasteiger partial charge on any atom is 0.244 e. The number of para-hydroxylation sites is 1. The summed E-state index contributed by atoms with van der Waals surface area (Å²) in [6, 6.07) is 12.5. The second-order valence-corrected chi connectivity index (χ2v) is 10.9.